The van der Waals surface area contributed by atoms with Crippen LogP contribution in [0.25, 0.3) is 0 Å². The van der Waals surface area contributed by atoms with Crippen LogP contribution < -0.4 is 10.2 Å². The van der Waals surface area contributed by atoms with Gasteiger partial charge in [-0.05, 0) is 13.3 Å². The Kier molecular flexibility index (Phi) is 4.24. The molecule has 0 amide bonds. The fourth-order valence-electron chi connectivity index (χ4n) is 2.19. The van der Waals surface area contributed by atoms with Crippen LogP contribution in [0, 0.1) is 0 Å². The second-order valence-corrected chi connectivity index (χ2v) is 7.07. The van der Waals surface area contributed by atoms with E-state index in [0.29, 0.717) is 6.54 Å². The average Bonchev–Trinajstić information content (AvgIpc) is 2.35. The summed E-state index contributed by atoms with van der Waals surface area (Å²) in [6.45, 7) is 5.36. The molecule has 0 aliphatic carbocycles. The normalized spacial score (nSPS) is 22.2. The fraction of sp³-hybridized carbons (Fsp3) is 0.667. The number of nitrogens with one attached hydrogen (secondary N) is 1. The molecule has 1 aliphatic rings. The minimum atomic E-state index is -2.90. The van der Waals surface area contributed by atoms with E-state index >= 15 is 0 Å². The van der Waals surface area contributed by atoms with Gasteiger partial charge in [-0.1, -0.05) is 6.92 Å². The number of aromatic nitrogens is 2. The highest BCUT2D eigenvalue weighted by molar-refractivity contribution is 7.91. The quantitative estimate of drug-likeness (QED) is 0.886. The summed E-state index contributed by atoms with van der Waals surface area (Å²) in [5, 5.41) is 3.21. The SMILES string of the molecule is CCCNc1cc(N2CCS(=O)(=O)CC2C)ncn1. The number of hydrogen-bond acceptors (Lipinski definition) is 6. The van der Waals surface area contributed by atoms with Crippen LogP contribution in [0.4, 0.5) is 11.6 Å². The van der Waals surface area contributed by atoms with Gasteiger partial charge in [-0.3, -0.25) is 0 Å². The third kappa shape index (κ3) is 3.56. The van der Waals surface area contributed by atoms with Gasteiger partial charge in [0.2, 0.25) is 0 Å². The fourth-order valence-corrected chi connectivity index (χ4v) is 3.75. The summed E-state index contributed by atoms with van der Waals surface area (Å²) in [6, 6.07) is 1.83. The molecule has 2 rings (SSSR count). The Morgan fingerprint density at radius 3 is 2.95 bits per heavy atom. The first-order chi connectivity index (χ1) is 9.02. The monoisotopic (exact) mass is 284 g/mol. The third-order valence-corrected chi connectivity index (χ3v) is 4.97. The minimum absolute atomic E-state index is 0.0484. The predicted molar refractivity (Wildman–Crippen MR) is 76.3 cm³/mol. The number of anilines is 2. The zero-order chi connectivity index (χ0) is 13.9. The second kappa shape index (κ2) is 5.73. The van der Waals surface area contributed by atoms with E-state index in [1.807, 2.05) is 17.9 Å². The van der Waals surface area contributed by atoms with E-state index in [9.17, 15) is 8.42 Å². The van der Waals surface area contributed by atoms with E-state index in [1.165, 1.54) is 6.33 Å². The molecule has 1 fully saturated rings. The van der Waals surface area contributed by atoms with Crippen molar-refractivity contribution in [3.8, 4) is 0 Å². The summed E-state index contributed by atoms with van der Waals surface area (Å²) >= 11 is 0. The molecule has 1 saturated heterocycles. The highest BCUT2D eigenvalue weighted by Gasteiger charge is 2.28. The molecule has 1 N–H and O–H groups in total. The predicted octanol–water partition coefficient (Wildman–Crippen LogP) is 0.922. The molecule has 0 saturated carbocycles. The highest BCUT2D eigenvalue weighted by Crippen LogP contribution is 2.20. The van der Waals surface area contributed by atoms with E-state index in [1.54, 1.807) is 0 Å². The number of nitrogens with zero attached hydrogens (tertiary/aromatic N) is 3. The van der Waals surface area contributed by atoms with Gasteiger partial charge in [-0.15, -0.1) is 0 Å². The van der Waals surface area contributed by atoms with Crippen molar-refractivity contribution < 1.29 is 8.42 Å². The summed E-state index contributed by atoms with van der Waals surface area (Å²) < 4.78 is 23.1. The van der Waals surface area contributed by atoms with Gasteiger partial charge in [0.1, 0.15) is 18.0 Å². The first-order valence-electron chi connectivity index (χ1n) is 6.55. The van der Waals surface area contributed by atoms with Gasteiger partial charge in [0.05, 0.1) is 11.5 Å². The lowest BCUT2D eigenvalue weighted by Gasteiger charge is -2.34. The molecule has 0 aromatic carbocycles. The molecule has 0 bridgehead atoms. The van der Waals surface area contributed by atoms with Crippen molar-refractivity contribution in [2.45, 2.75) is 26.3 Å². The van der Waals surface area contributed by atoms with Gasteiger partial charge < -0.3 is 10.2 Å². The van der Waals surface area contributed by atoms with Crippen LogP contribution in [-0.4, -0.2) is 49.0 Å². The van der Waals surface area contributed by atoms with Crippen LogP contribution >= 0.6 is 0 Å². The molecule has 0 radical (unpaired) electrons. The van der Waals surface area contributed by atoms with Crippen LogP contribution in [0.5, 0.6) is 0 Å². The molecule has 1 atom stereocenters. The van der Waals surface area contributed by atoms with Gasteiger partial charge in [0.25, 0.3) is 0 Å². The van der Waals surface area contributed by atoms with Crippen molar-refractivity contribution in [2.24, 2.45) is 0 Å². The lowest BCUT2D eigenvalue weighted by atomic mass is 10.3. The van der Waals surface area contributed by atoms with Crippen LogP contribution in [0.15, 0.2) is 12.4 Å². The topological polar surface area (TPSA) is 75.2 Å². The van der Waals surface area contributed by atoms with E-state index in [0.717, 1.165) is 24.6 Å². The summed E-state index contributed by atoms with van der Waals surface area (Å²) in [5.41, 5.74) is 0. The maximum absolute atomic E-state index is 11.6. The smallest absolute Gasteiger partial charge is 0.154 e. The van der Waals surface area contributed by atoms with E-state index in [4.69, 9.17) is 0 Å². The molecule has 0 spiro atoms. The number of sulfone groups is 1. The Balaban J connectivity index is 2.13. The largest absolute Gasteiger partial charge is 0.370 e. The third-order valence-electron chi connectivity index (χ3n) is 3.17. The molecule has 1 aromatic rings. The van der Waals surface area contributed by atoms with Crippen molar-refractivity contribution in [2.75, 3.05) is 34.8 Å². The second-order valence-electron chi connectivity index (χ2n) is 4.84. The molecule has 1 aromatic heterocycles. The Morgan fingerprint density at radius 2 is 2.26 bits per heavy atom. The zero-order valence-corrected chi connectivity index (χ0v) is 12.2. The summed E-state index contributed by atoms with van der Waals surface area (Å²) in [6.07, 6.45) is 2.54. The molecule has 106 valence electrons. The first-order valence-corrected chi connectivity index (χ1v) is 8.37. The van der Waals surface area contributed by atoms with Crippen LogP contribution in [0.3, 0.4) is 0 Å². The van der Waals surface area contributed by atoms with Gasteiger partial charge in [-0.25, -0.2) is 18.4 Å². The molecule has 2 heterocycles. The molecular formula is C12H20N4O2S. The Morgan fingerprint density at radius 1 is 1.47 bits per heavy atom. The molecule has 1 aliphatic heterocycles. The maximum atomic E-state index is 11.6. The number of rotatable bonds is 4. The summed E-state index contributed by atoms with van der Waals surface area (Å²) in [7, 11) is -2.90. The number of hydrogen-bond donors (Lipinski definition) is 1. The molecule has 7 heteroatoms. The summed E-state index contributed by atoms with van der Waals surface area (Å²) in [4.78, 5) is 10.4. The molecule has 1 unspecified atom stereocenters. The molecule has 19 heavy (non-hydrogen) atoms. The molecular weight excluding hydrogens is 264 g/mol. The Bertz CT molecular complexity index is 532. The van der Waals surface area contributed by atoms with Crippen LogP contribution in [0.2, 0.25) is 0 Å². The average molecular weight is 284 g/mol. The Labute approximate surface area is 114 Å². The lowest BCUT2D eigenvalue weighted by Crippen LogP contribution is -2.47. The van der Waals surface area contributed by atoms with Crippen molar-refractivity contribution >= 4 is 21.5 Å². The standard InChI is InChI=1S/C12H20N4O2S/c1-3-4-13-11-7-12(15-9-14-11)16-5-6-19(17,18)8-10(16)2/h7,9-10H,3-6,8H2,1-2H3,(H,13,14,15). The van der Waals surface area contributed by atoms with Crippen molar-refractivity contribution in [3.63, 3.8) is 0 Å². The van der Waals surface area contributed by atoms with Gasteiger partial charge in [0.15, 0.2) is 9.84 Å². The Hall–Kier alpha value is -1.37. The van der Waals surface area contributed by atoms with Gasteiger partial charge >= 0.3 is 0 Å². The summed E-state index contributed by atoms with van der Waals surface area (Å²) in [5.74, 6) is 1.96. The van der Waals surface area contributed by atoms with Crippen LogP contribution in [-0.2, 0) is 9.84 Å². The van der Waals surface area contributed by atoms with Gasteiger partial charge in [0, 0.05) is 25.2 Å². The highest BCUT2D eigenvalue weighted by atomic mass is 32.2. The van der Waals surface area contributed by atoms with E-state index in [-0.39, 0.29) is 17.5 Å². The van der Waals surface area contributed by atoms with E-state index in [2.05, 4.69) is 22.2 Å². The van der Waals surface area contributed by atoms with Crippen molar-refractivity contribution in [1.29, 1.82) is 0 Å². The zero-order valence-electron chi connectivity index (χ0n) is 11.3. The van der Waals surface area contributed by atoms with Crippen molar-refractivity contribution in [3.05, 3.63) is 12.4 Å². The van der Waals surface area contributed by atoms with Crippen LogP contribution in [0.1, 0.15) is 20.3 Å². The first kappa shape index (κ1) is 14.0. The van der Waals surface area contributed by atoms with E-state index < -0.39 is 9.84 Å². The van der Waals surface area contributed by atoms with Crippen molar-refractivity contribution in [1.82, 2.24) is 9.97 Å². The maximum Gasteiger partial charge on any atom is 0.154 e. The lowest BCUT2D eigenvalue weighted by molar-refractivity contribution is 0.566. The van der Waals surface area contributed by atoms with Gasteiger partial charge in [-0.2, -0.15) is 0 Å². The minimum Gasteiger partial charge on any atom is -0.370 e. The molecule has 6 nitrogen and oxygen atoms in total.